The number of hydrogen-bond acceptors (Lipinski definition) is 3. The highest BCUT2D eigenvalue weighted by Crippen LogP contribution is 2.28. The van der Waals surface area contributed by atoms with Crippen molar-refractivity contribution in [2.24, 2.45) is 0 Å². The summed E-state index contributed by atoms with van der Waals surface area (Å²) < 4.78 is 26.6. The number of rotatable bonds is 2. The number of carbonyl (C=O) groups excluding carboxylic acids is 1. The lowest BCUT2D eigenvalue weighted by Crippen LogP contribution is -2.15. The maximum atomic E-state index is 13.6. The fraction of sp³-hybridized carbons (Fsp3) is 0. The highest BCUT2D eigenvalue weighted by atomic mass is 79.9. The van der Waals surface area contributed by atoms with Crippen LogP contribution in [0.2, 0.25) is 5.15 Å². The van der Waals surface area contributed by atoms with E-state index in [0.717, 1.165) is 6.07 Å². The molecule has 0 unspecified atom stereocenters. The van der Waals surface area contributed by atoms with E-state index in [1.807, 2.05) is 0 Å². The van der Waals surface area contributed by atoms with Crippen LogP contribution in [0.4, 0.5) is 20.2 Å². The van der Waals surface area contributed by atoms with Crippen molar-refractivity contribution in [2.45, 2.75) is 0 Å². The van der Waals surface area contributed by atoms with Crippen molar-refractivity contribution in [1.82, 2.24) is 4.98 Å². The molecule has 0 radical (unpaired) electrons. The summed E-state index contributed by atoms with van der Waals surface area (Å²) in [6.07, 6.45) is 1.29. The van der Waals surface area contributed by atoms with Crippen LogP contribution in [0, 0.1) is 11.6 Å². The number of benzene rings is 1. The van der Waals surface area contributed by atoms with Gasteiger partial charge < -0.3 is 11.1 Å². The zero-order valence-electron chi connectivity index (χ0n) is 9.75. The van der Waals surface area contributed by atoms with E-state index >= 15 is 0 Å². The molecule has 1 amide bonds. The fourth-order valence-electron chi connectivity index (χ4n) is 1.47. The van der Waals surface area contributed by atoms with Crippen LogP contribution in [0.15, 0.2) is 28.9 Å². The van der Waals surface area contributed by atoms with Gasteiger partial charge in [0.1, 0.15) is 11.0 Å². The SMILES string of the molecule is Nc1cnc(Cl)c(C(=O)Nc2c(F)cc(F)cc2Br)c1. The number of carbonyl (C=O) groups is 1. The summed E-state index contributed by atoms with van der Waals surface area (Å²) in [7, 11) is 0. The van der Waals surface area contributed by atoms with Crippen LogP contribution < -0.4 is 11.1 Å². The second-order valence-electron chi connectivity index (χ2n) is 3.81. The first-order valence-electron chi connectivity index (χ1n) is 5.25. The van der Waals surface area contributed by atoms with Gasteiger partial charge in [-0.2, -0.15) is 0 Å². The van der Waals surface area contributed by atoms with Gasteiger partial charge in [0.05, 0.1) is 23.1 Å². The molecule has 1 aromatic carbocycles. The number of hydrogen-bond donors (Lipinski definition) is 2. The van der Waals surface area contributed by atoms with Crippen LogP contribution in [0.5, 0.6) is 0 Å². The number of nitrogens with two attached hydrogens (primary N) is 1. The van der Waals surface area contributed by atoms with E-state index < -0.39 is 17.5 Å². The molecule has 0 spiro atoms. The average molecular weight is 363 g/mol. The third-order valence-electron chi connectivity index (χ3n) is 2.35. The Bertz CT molecular complexity index is 673. The number of amides is 1. The summed E-state index contributed by atoms with van der Waals surface area (Å²) in [4.78, 5) is 15.7. The van der Waals surface area contributed by atoms with Crippen LogP contribution in [-0.2, 0) is 0 Å². The Hall–Kier alpha value is -1.73. The van der Waals surface area contributed by atoms with E-state index in [0.29, 0.717) is 6.07 Å². The van der Waals surface area contributed by atoms with E-state index in [1.54, 1.807) is 0 Å². The van der Waals surface area contributed by atoms with Crippen LogP contribution >= 0.6 is 27.5 Å². The van der Waals surface area contributed by atoms with Gasteiger partial charge >= 0.3 is 0 Å². The third-order valence-corrected chi connectivity index (χ3v) is 3.28. The predicted octanol–water partition coefficient (Wildman–Crippen LogP) is 3.61. The van der Waals surface area contributed by atoms with E-state index in [9.17, 15) is 13.6 Å². The zero-order chi connectivity index (χ0) is 14.9. The number of aromatic nitrogens is 1. The number of halogens is 4. The van der Waals surface area contributed by atoms with E-state index in [2.05, 4.69) is 26.2 Å². The van der Waals surface area contributed by atoms with Crippen molar-refractivity contribution in [3.8, 4) is 0 Å². The molecular weight excluding hydrogens is 356 g/mol. The molecule has 0 saturated carbocycles. The number of nitrogen functional groups attached to an aromatic ring is 1. The number of nitrogens with zero attached hydrogens (tertiary/aromatic N) is 1. The van der Waals surface area contributed by atoms with Gasteiger partial charge in [0, 0.05) is 10.5 Å². The van der Waals surface area contributed by atoms with Crippen molar-refractivity contribution in [1.29, 1.82) is 0 Å². The van der Waals surface area contributed by atoms with Crippen molar-refractivity contribution in [3.05, 3.63) is 51.2 Å². The van der Waals surface area contributed by atoms with Gasteiger partial charge in [-0.15, -0.1) is 0 Å². The van der Waals surface area contributed by atoms with E-state index in [4.69, 9.17) is 17.3 Å². The van der Waals surface area contributed by atoms with Gasteiger partial charge in [-0.1, -0.05) is 11.6 Å². The summed E-state index contributed by atoms with van der Waals surface area (Å²) >= 11 is 8.73. The summed E-state index contributed by atoms with van der Waals surface area (Å²) in [6.45, 7) is 0. The van der Waals surface area contributed by atoms with Crippen molar-refractivity contribution >= 4 is 44.8 Å². The molecule has 104 valence electrons. The Kier molecular flexibility index (Phi) is 4.20. The molecule has 0 aliphatic carbocycles. The molecule has 0 bridgehead atoms. The first-order valence-corrected chi connectivity index (χ1v) is 6.42. The van der Waals surface area contributed by atoms with Crippen LogP contribution in [0.3, 0.4) is 0 Å². The summed E-state index contributed by atoms with van der Waals surface area (Å²) in [6, 6.07) is 2.98. The van der Waals surface area contributed by atoms with Crippen molar-refractivity contribution in [2.75, 3.05) is 11.1 Å². The molecule has 8 heteroatoms. The first-order chi connectivity index (χ1) is 9.38. The minimum atomic E-state index is -0.918. The highest BCUT2D eigenvalue weighted by Gasteiger charge is 2.17. The molecule has 0 fully saturated rings. The Balaban J connectivity index is 2.35. The number of anilines is 2. The van der Waals surface area contributed by atoms with Crippen LogP contribution in [0.25, 0.3) is 0 Å². The second-order valence-corrected chi connectivity index (χ2v) is 5.02. The van der Waals surface area contributed by atoms with Crippen molar-refractivity contribution in [3.63, 3.8) is 0 Å². The monoisotopic (exact) mass is 361 g/mol. The van der Waals surface area contributed by atoms with Crippen LogP contribution in [0.1, 0.15) is 10.4 Å². The minimum absolute atomic E-state index is 0.0118. The predicted molar refractivity (Wildman–Crippen MR) is 75.7 cm³/mol. The lowest BCUT2D eigenvalue weighted by Gasteiger charge is -2.10. The van der Waals surface area contributed by atoms with Gasteiger partial charge in [-0.25, -0.2) is 13.8 Å². The molecule has 0 atom stereocenters. The molecule has 20 heavy (non-hydrogen) atoms. The van der Waals surface area contributed by atoms with Gasteiger partial charge in [0.25, 0.3) is 5.91 Å². The van der Waals surface area contributed by atoms with E-state index in [1.165, 1.54) is 12.3 Å². The Morgan fingerprint density at radius 3 is 2.70 bits per heavy atom. The summed E-state index contributed by atoms with van der Waals surface area (Å²) in [5, 5.41) is 2.21. The quantitative estimate of drug-likeness (QED) is 0.802. The molecule has 3 N–H and O–H groups in total. The standard InChI is InChI=1S/C12H7BrClF2N3O/c13-8-1-5(15)2-9(16)10(8)19-12(20)7-3-6(17)4-18-11(7)14/h1-4H,17H2,(H,19,20). The number of nitrogens with one attached hydrogen (secondary N) is 1. The molecule has 1 heterocycles. The maximum Gasteiger partial charge on any atom is 0.258 e. The van der Waals surface area contributed by atoms with Gasteiger partial charge in [-0.3, -0.25) is 4.79 Å². The Morgan fingerprint density at radius 1 is 1.35 bits per heavy atom. The lowest BCUT2D eigenvalue weighted by atomic mass is 10.2. The third kappa shape index (κ3) is 3.05. The molecule has 0 saturated heterocycles. The highest BCUT2D eigenvalue weighted by molar-refractivity contribution is 9.10. The molecule has 4 nitrogen and oxygen atoms in total. The molecular formula is C12H7BrClF2N3O. The van der Waals surface area contributed by atoms with Crippen LogP contribution in [-0.4, -0.2) is 10.9 Å². The van der Waals surface area contributed by atoms with E-state index in [-0.39, 0.29) is 26.6 Å². The summed E-state index contributed by atoms with van der Waals surface area (Å²) in [5.74, 6) is -2.39. The van der Waals surface area contributed by atoms with Gasteiger partial charge in [0.2, 0.25) is 0 Å². The van der Waals surface area contributed by atoms with Gasteiger partial charge in [-0.05, 0) is 28.1 Å². The second kappa shape index (κ2) is 5.72. The van der Waals surface area contributed by atoms with Gasteiger partial charge in [0.15, 0.2) is 5.82 Å². The molecule has 0 aliphatic rings. The fourth-order valence-corrected chi connectivity index (χ4v) is 2.16. The molecule has 1 aromatic heterocycles. The Morgan fingerprint density at radius 2 is 2.05 bits per heavy atom. The Labute approximate surface area is 126 Å². The topological polar surface area (TPSA) is 68.0 Å². The number of pyridine rings is 1. The van der Waals surface area contributed by atoms with Crippen molar-refractivity contribution < 1.29 is 13.6 Å². The summed E-state index contributed by atoms with van der Waals surface area (Å²) in [5.41, 5.74) is 5.53. The lowest BCUT2D eigenvalue weighted by molar-refractivity contribution is 0.102. The first kappa shape index (κ1) is 14.7. The molecule has 2 rings (SSSR count). The molecule has 2 aromatic rings. The minimum Gasteiger partial charge on any atom is -0.397 e. The smallest absolute Gasteiger partial charge is 0.258 e. The largest absolute Gasteiger partial charge is 0.397 e. The maximum absolute atomic E-state index is 13.6. The normalized spacial score (nSPS) is 10.4. The average Bonchev–Trinajstić information content (AvgIpc) is 2.36. The zero-order valence-corrected chi connectivity index (χ0v) is 12.1. The molecule has 0 aliphatic heterocycles.